The van der Waals surface area contributed by atoms with Crippen LogP contribution < -0.4 is 4.74 Å². The Hall–Kier alpha value is -1.58. The smallest absolute Gasteiger partial charge is 0.311 e. The van der Waals surface area contributed by atoms with Gasteiger partial charge >= 0.3 is 5.97 Å². The van der Waals surface area contributed by atoms with Crippen LogP contribution in [0, 0.1) is 11.2 Å². The molecule has 0 saturated carbocycles. The van der Waals surface area contributed by atoms with E-state index >= 15 is 0 Å². The van der Waals surface area contributed by atoms with Gasteiger partial charge < -0.3 is 9.47 Å². The molecule has 0 atom stereocenters. The van der Waals surface area contributed by atoms with Gasteiger partial charge in [-0.15, -0.1) is 0 Å². The van der Waals surface area contributed by atoms with Crippen LogP contribution in [-0.2, 0) is 16.1 Å². The Morgan fingerprint density at radius 2 is 2.00 bits per heavy atom. The van der Waals surface area contributed by atoms with Crippen LogP contribution in [0.2, 0.25) is 0 Å². The van der Waals surface area contributed by atoms with Gasteiger partial charge in [0.15, 0.2) is 0 Å². The van der Waals surface area contributed by atoms with Gasteiger partial charge in [-0.1, -0.05) is 0 Å². The van der Waals surface area contributed by atoms with Crippen LogP contribution in [0.5, 0.6) is 5.75 Å². The first-order chi connectivity index (χ1) is 7.84. The van der Waals surface area contributed by atoms with Crippen LogP contribution in [0.15, 0.2) is 18.2 Å². The van der Waals surface area contributed by atoms with Gasteiger partial charge in [0.1, 0.15) is 18.2 Å². The molecule has 0 heterocycles. The molecule has 0 N–H and O–H groups in total. The SMILES string of the molecule is COc1cc(F)ccc1COC(=O)C(C)(C)C. The minimum absolute atomic E-state index is 0.0829. The van der Waals surface area contributed by atoms with Crippen molar-refractivity contribution >= 4 is 5.97 Å². The fraction of sp³-hybridized carbons (Fsp3) is 0.462. The Morgan fingerprint density at radius 3 is 2.53 bits per heavy atom. The van der Waals surface area contributed by atoms with Gasteiger partial charge in [0, 0.05) is 11.6 Å². The number of hydrogen-bond acceptors (Lipinski definition) is 3. The van der Waals surface area contributed by atoms with Crippen molar-refractivity contribution in [3.63, 3.8) is 0 Å². The summed E-state index contributed by atoms with van der Waals surface area (Å²) in [4.78, 5) is 11.6. The minimum Gasteiger partial charge on any atom is -0.496 e. The number of carbonyl (C=O) groups excluding carboxylic acids is 1. The molecule has 0 saturated heterocycles. The predicted octanol–water partition coefficient (Wildman–Crippen LogP) is 2.92. The normalized spacial score (nSPS) is 11.1. The molecule has 0 aromatic heterocycles. The first kappa shape index (κ1) is 13.5. The van der Waals surface area contributed by atoms with Gasteiger partial charge in [-0.25, -0.2) is 4.39 Å². The molecule has 1 aromatic rings. The van der Waals surface area contributed by atoms with Crippen molar-refractivity contribution in [3.05, 3.63) is 29.6 Å². The van der Waals surface area contributed by atoms with Crippen LogP contribution >= 0.6 is 0 Å². The number of rotatable bonds is 3. The second-order valence-electron chi connectivity index (χ2n) is 4.78. The lowest BCUT2D eigenvalue weighted by Gasteiger charge is -2.17. The summed E-state index contributed by atoms with van der Waals surface area (Å²) in [6.07, 6.45) is 0. The van der Waals surface area contributed by atoms with Crippen molar-refractivity contribution in [2.75, 3.05) is 7.11 Å². The summed E-state index contributed by atoms with van der Waals surface area (Å²) in [6.45, 7) is 5.41. The molecule has 1 aromatic carbocycles. The van der Waals surface area contributed by atoms with Gasteiger partial charge in [0.05, 0.1) is 12.5 Å². The van der Waals surface area contributed by atoms with Crippen molar-refractivity contribution in [1.29, 1.82) is 0 Å². The van der Waals surface area contributed by atoms with Crippen molar-refractivity contribution < 1.29 is 18.7 Å². The number of carbonyl (C=O) groups is 1. The van der Waals surface area contributed by atoms with Gasteiger partial charge in [-0.2, -0.15) is 0 Å². The van der Waals surface area contributed by atoms with E-state index in [0.29, 0.717) is 11.3 Å². The lowest BCUT2D eigenvalue weighted by molar-refractivity contribution is -0.154. The van der Waals surface area contributed by atoms with Gasteiger partial charge in [-0.3, -0.25) is 4.79 Å². The number of halogens is 1. The zero-order valence-electron chi connectivity index (χ0n) is 10.5. The minimum atomic E-state index is -0.548. The first-order valence-corrected chi connectivity index (χ1v) is 5.34. The number of hydrogen-bond donors (Lipinski definition) is 0. The Bertz CT molecular complexity index is 408. The molecule has 0 fully saturated rings. The molecule has 94 valence electrons. The van der Waals surface area contributed by atoms with E-state index in [1.165, 1.54) is 19.2 Å². The third-order valence-corrected chi connectivity index (χ3v) is 2.22. The van der Waals surface area contributed by atoms with Crippen molar-refractivity contribution in [2.24, 2.45) is 5.41 Å². The maximum absolute atomic E-state index is 12.9. The quantitative estimate of drug-likeness (QED) is 0.762. The molecule has 0 spiro atoms. The van der Waals surface area contributed by atoms with E-state index < -0.39 is 5.41 Å². The third-order valence-electron chi connectivity index (χ3n) is 2.22. The number of ether oxygens (including phenoxy) is 2. The lowest BCUT2D eigenvalue weighted by atomic mass is 9.97. The van der Waals surface area contributed by atoms with Crippen LogP contribution in [0.1, 0.15) is 26.3 Å². The molecule has 0 amide bonds. The molecule has 0 aliphatic rings. The highest BCUT2D eigenvalue weighted by Gasteiger charge is 2.23. The number of esters is 1. The summed E-state index contributed by atoms with van der Waals surface area (Å²) < 4.78 is 23.1. The summed E-state index contributed by atoms with van der Waals surface area (Å²) in [5, 5.41) is 0. The van der Waals surface area contributed by atoms with E-state index in [4.69, 9.17) is 9.47 Å². The molecule has 3 nitrogen and oxygen atoms in total. The monoisotopic (exact) mass is 240 g/mol. The highest BCUT2D eigenvalue weighted by Crippen LogP contribution is 2.22. The summed E-state index contributed by atoms with van der Waals surface area (Å²) in [5.41, 5.74) is 0.0966. The maximum atomic E-state index is 12.9. The van der Waals surface area contributed by atoms with E-state index in [1.54, 1.807) is 26.8 Å². The third kappa shape index (κ3) is 3.73. The van der Waals surface area contributed by atoms with E-state index in [1.807, 2.05) is 0 Å². The van der Waals surface area contributed by atoms with Gasteiger partial charge in [0.2, 0.25) is 0 Å². The average Bonchev–Trinajstić information content (AvgIpc) is 2.25. The van der Waals surface area contributed by atoms with Crippen LogP contribution in [0.25, 0.3) is 0 Å². The standard InChI is InChI=1S/C13H17FO3/c1-13(2,3)12(15)17-8-9-5-6-10(14)7-11(9)16-4/h5-7H,8H2,1-4H3. The van der Waals surface area contributed by atoms with Crippen molar-refractivity contribution in [2.45, 2.75) is 27.4 Å². The summed E-state index contributed by atoms with van der Waals surface area (Å²) in [6, 6.07) is 4.12. The molecule has 0 aliphatic heterocycles. The number of benzene rings is 1. The number of methoxy groups -OCH3 is 1. The molecule has 0 aliphatic carbocycles. The topological polar surface area (TPSA) is 35.5 Å². The van der Waals surface area contributed by atoms with Crippen LogP contribution in [0.4, 0.5) is 4.39 Å². The molecule has 0 radical (unpaired) electrons. The fourth-order valence-electron chi connectivity index (χ4n) is 1.20. The predicted molar refractivity (Wildman–Crippen MR) is 62.2 cm³/mol. The van der Waals surface area contributed by atoms with Gasteiger partial charge in [0.25, 0.3) is 0 Å². The largest absolute Gasteiger partial charge is 0.496 e. The van der Waals surface area contributed by atoms with Gasteiger partial charge in [-0.05, 0) is 32.9 Å². The Balaban J connectivity index is 2.73. The van der Waals surface area contributed by atoms with E-state index in [9.17, 15) is 9.18 Å². The van der Waals surface area contributed by atoms with Crippen LogP contribution in [-0.4, -0.2) is 13.1 Å². The molecule has 0 bridgehead atoms. The maximum Gasteiger partial charge on any atom is 0.311 e. The van der Waals surface area contributed by atoms with Crippen molar-refractivity contribution in [3.8, 4) is 5.75 Å². The van der Waals surface area contributed by atoms with E-state index in [2.05, 4.69) is 0 Å². The summed E-state index contributed by atoms with van der Waals surface area (Å²) >= 11 is 0. The molecule has 0 unspecified atom stereocenters. The molecule has 4 heteroatoms. The first-order valence-electron chi connectivity index (χ1n) is 5.34. The Labute approximate surface area is 101 Å². The second kappa shape index (κ2) is 5.17. The molecular formula is C13H17FO3. The molecular weight excluding hydrogens is 223 g/mol. The molecule has 1 rings (SSSR count). The Morgan fingerprint density at radius 1 is 1.35 bits per heavy atom. The highest BCUT2D eigenvalue weighted by atomic mass is 19.1. The fourth-order valence-corrected chi connectivity index (χ4v) is 1.20. The highest BCUT2D eigenvalue weighted by molar-refractivity contribution is 5.75. The molecule has 17 heavy (non-hydrogen) atoms. The van der Waals surface area contributed by atoms with Crippen LogP contribution in [0.3, 0.4) is 0 Å². The lowest BCUT2D eigenvalue weighted by Crippen LogP contribution is -2.22. The average molecular weight is 240 g/mol. The zero-order valence-corrected chi connectivity index (χ0v) is 10.5. The Kier molecular flexibility index (Phi) is 4.10. The van der Waals surface area contributed by atoms with Crippen molar-refractivity contribution in [1.82, 2.24) is 0 Å². The van der Waals surface area contributed by atoms with E-state index in [-0.39, 0.29) is 18.4 Å². The van der Waals surface area contributed by atoms with E-state index in [0.717, 1.165) is 0 Å². The summed E-state index contributed by atoms with van der Waals surface area (Å²) in [5.74, 6) is -0.302. The zero-order chi connectivity index (χ0) is 13.1. The summed E-state index contributed by atoms with van der Waals surface area (Å²) in [7, 11) is 1.45. The second-order valence-corrected chi connectivity index (χ2v) is 4.78.